The van der Waals surface area contributed by atoms with Gasteiger partial charge in [-0.2, -0.15) is 0 Å². The number of piperidine rings is 1. The molecule has 2 atom stereocenters. The first kappa shape index (κ1) is 17.9. The molecular formula is C18H27NO4. The quantitative estimate of drug-likeness (QED) is 0.777. The van der Waals surface area contributed by atoms with Gasteiger partial charge in [-0.3, -0.25) is 9.69 Å². The first-order valence-electron chi connectivity index (χ1n) is 8.23. The third kappa shape index (κ3) is 4.31. The normalized spacial score (nSPS) is 25.3. The Bertz CT molecular complexity index is 493. The average molecular weight is 321 g/mol. The molecule has 1 heterocycles. The molecule has 1 fully saturated rings. The largest absolute Gasteiger partial charge is 0.465 e. The molecule has 0 aliphatic carbocycles. The zero-order valence-electron chi connectivity index (χ0n) is 14.0. The molecule has 0 amide bonds. The fourth-order valence-corrected chi connectivity index (χ4v) is 3.21. The first-order valence-corrected chi connectivity index (χ1v) is 8.23. The van der Waals surface area contributed by atoms with E-state index in [1.807, 2.05) is 18.2 Å². The standard InChI is InChI=1S/C18H27NO4/c1-3-23-17(21)18(10-12-22-2)9-11-19(14-16(18)20)13-15-7-5-4-6-8-15/h4-8,16,20H,3,9-14H2,1-2H3/t16-,18+/m0/s1. The Balaban J connectivity index is 2.05. The molecule has 1 saturated heterocycles. The highest BCUT2D eigenvalue weighted by atomic mass is 16.5. The number of β-amino-alcohol motifs (C(OH)–C–C–N with tert-alkyl or cyclic N) is 1. The van der Waals surface area contributed by atoms with Crippen molar-refractivity contribution in [2.24, 2.45) is 5.41 Å². The maximum Gasteiger partial charge on any atom is 0.314 e. The summed E-state index contributed by atoms with van der Waals surface area (Å²) < 4.78 is 10.4. The highest BCUT2D eigenvalue weighted by Gasteiger charge is 2.49. The van der Waals surface area contributed by atoms with Crippen LogP contribution in [0.1, 0.15) is 25.3 Å². The van der Waals surface area contributed by atoms with Crippen LogP contribution in [0, 0.1) is 5.41 Å². The van der Waals surface area contributed by atoms with E-state index in [-0.39, 0.29) is 5.97 Å². The number of hydrogen-bond donors (Lipinski definition) is 1. The smallest absolute Gasteiger partial charge is 0.314 e. The van der Waals surface area contributed by atoms with Crippen LogP contribution >= 0.6 is 0 Å². The van der Waals surface area contributed by atoms with E-state index in [2.05, 4.69) is 17.0 Å². The Morgan fingerprint density at radius 1 is 1.39 bits per heavy atom. The number of benzene rings is 1. The zero-order valence-corrected chi connectivity index (χ0v) is 14.0. The molecule has 1 aromatic carbocycles. The van der Waals surface area contributed by atoms with E-state index in [1.165, 1.54) is 5.56 Å². The second kappa shape index (κ2) is 8.43. The van der Waals surface area contributed by atoms with Gasteiger partial charge in [0, 0.05) is 26.8 Å². The molecule has 0 unspecified atom stereocenters. The predicted octanol–water partition coefficient (Wildman–Crippen LogP) is 1.84. The number of hydrogen-bond acceptors (Lipinski definition) is 5. The highest BCUT2D eigenvalue weighted by molar-refractivity contribution is 5.78. The maximum absolute atomic E-state index is 12.4. The number of nitrogens with zero attached hydrogens (tertiary/aromatic N) is 1. The minimum atomic E-state index is -0.848. The van der Waals surface area contributed by atoms with E-state index in [0.717, 1.165) is 13.1 Å². The first-order chi connectivity index (χ1) is 11.1. The third-order valence-electron chi connectivity index (χ3n) is 4.63. The second-order valence-corrected chi connectivity index (χ2v) is 6.11. The van der Waals surface area contributed by atoms with Gasteiger partial charge in [-0.1, -0.05) is 30.3 Å². The topological polar surface area (TPSA) is 59.0 Å². The van der Waals surface area contributed by atoms with E-state index in [1.54, 1.807) is 14.0 Å². The number of methoxy groups -OCH3 is 1. The van der Waals surface area contributed by atoms with Gasteiger partial charge < -0.3 is 14.6 Å². The van der Waals surface area contributed by atoms with Gasteiger partial charge in [-0.15, -0.1) is 0 Å². The molecule has 23 heavy (non-hydrogen) atoms. The van der Waals surface area contributed by atoms with E-state index in [0.29, 0.717) is 32.6 Å². The van der Waals surface area contributed by atoms with Gasteiger partial charge >= 0.3 is 5.97 Å². The van der Waals surface area contributed by atoms with Crippen LogP contribution in [0.5, 0.6) is 0 Å². The Hall–Kier alpha value is -1.43. The summed E-state index contributed by atoms with van der Waals surface area (Å²) in [7, 11) is 1.61. The zero-order chi connectivity index (χ0) is 16.7. The molecule has 5 nitrogen and oxygen atoms in total. The summed E-state index contributed by atoms with van der Waals surface area (Å²) in [5, 5.41) is 10.7. The molecule has 1 aromatic rings. The van der Waals surface area contributed by atoms with Crippen LogP contribution < -0.4 is 0 Å². The van der Waals surface area contributed by atoms with Crippen molar-refractivity contribution in [1.82, 2.24) is 4.90 Å². The van der Waals surface area contributed by atoms with Gasteiger partial charge in [-0.25, -0.2) is 0 Å². The third-order valence-corrected chi connectivity index (χ3v) is 4.63. The van der Waals surface area contributed by atoms with Crippen LogP contribution in [-0.2, 0) is 20.8 Å². The lowest BCUT2D eigenvalue weighted by molar-refractivity contribution is -0.171. The van der Waals surface area contributed by atoms with Crippen LogP contribution in [0.25, 0.3) is 0 Å². The van der Waals surface area contributed by atoms with Crippen LogP contribution in [-0.4, -0.2) is 55.5 Å². The van der Waals surface area contributed by atoms with E-state index < -0.39 is 11.5 Å². The fourth-order valence-electron chi connectivity index (χ4n) is 3.21. The lowest BCUT2D eigenvalue weighted by atomic mass is 9.73. The summed E-state index contributed by atoms with van der Waals surface area (Å²) >= 11 is 0. The molecule has 5 heteroatoms. The van der Waals surface area contributed by atoms with Crippen LogP contribution in [0.15, 0.2) is 30.3 Å². The summed E-state index contributed by atoms with van der Waals surface area (Å²) in [6.07, 6.45) is 0.334. The average Bonchev–Trinajstić information content (AvgIpc) is 2.55. The Morgan fingerprint density at radius 2 is 2.13 bits per heavy atom. The number of aliphatic hydroxyl groups is 1. The summed E-state index contributed by atoms with van der Waals surface area (Å²) in [6, 6.07) is 10.2. The van der Waals surface area contributed by atoms with Crippen molar-refractivity contribution in [3.8, 4) is 0 Å². The van der Waals surface area contributed by atoms with Crippen molar-refractivity contribution >= 4 is 5.97 Å². The molecule has 1 N–H and O–H groups in total. The number of likely N-dealkylation sites (tertiary alicyclic amines) is 1. The predicted molar refractivity (Wildman–Crippen MR) is 87.9 cm³/mol. The second-order valence-electron chi connectivity index (χ2n) is 6.11. The van der Waals surface area contributed by atoms with E-state index in [9.17, 15) is 9.90 Å². The highest BCUT2D eigenvalue weighted by Crippen LogP contribution is 2.37. The summed E-state index contributed by atoms with van der Waals surface area (Å²) in [5.74, 6) is -0.302. The summed E-state index contributed by atoms with van der Waals surface area (Å²) in [6.45, 7) is 4.56. The van der Waals surface area contributed by atoms with Crippen molar-refractivity contribution in [1.29, 1.82) is 0 Å². The fraction of sp³-hybridized carbons (Fsp3) is 0.611. The van der Waals surface area contributed by atoms with Crippen LogP contribution in [0.3, 0.4) is 0 Å². The van der Waals surface area contributed by atoms with Crippen molar-refractivity contribution in [2.45, 2.75) is 32.4 Å². The van der Waals surface area contributed by atoms with E-state index in [4.69, 9.17) is 9.47 Å². The lowest BCUT2D eigenvalue weighted by Gasteiger charge is -2.43. The number of carbonyl (C=O) groups is 1. The summed E-state index contributed by atoms with van der Waals surface area (Å²) in [4.78, 5) is 14.6. The van der Waals surface area contributed by atoms with Gasteiger partial charge in [0.1, 0.15) is 0 Å². The SMILES string of the molecule is CCOC(=O)[C@@]1(CCOC)CCN(Cc2ccccc2)C[C@@H]1O. The van der Waals surface area contributed by atoms with Crippen LogP contribution in [0.2, 0.25) is 0 Å². The van der Waals surface area contributed by atoms with Crippen molar-refractivity contribution < 1.29 is 19.4 Å². The molecule has 1 aliphatic rings. The Morgan fingerprint density at radius 3 is 2.74 bits per heavy atom. The number of carbonyl (C=O) groups excluding carboxylic acids is 1. The molecule has 128 valence electrons. The van der Waals surface area contributed by atoms with E-state index >= 15 is 0 Å². The minimum absolute atomic E-state index is 0.302. The molecule has 2 rings (SSSR count). The number of ether oxygens (including phenoxy) is 2. The van der Waals surface area contributed by atoms with Gasteiger partial charge in [0.2, 0.25) is 0 Å². The number of rotatable bonds is 7. The monoisotopic (exact) mass is 321 g/mol. The van der Waals surface area contributed by atoms with Crippen molar-refractivity contribution in [3.63, 3.8) is 0 Å². The van der Waals surface area contributed by atoms with Gasteiger partial charge in [-0.05, 0) is 31.9 Å². The van der Waals surface area contributed by atoms with Gasteiger partial charge in [0.25, 0.3) is 0 Å². The molecular weight excluding hydrogens is 294 g/mol. The molecule has 0 spiro atoms. The molecule has 0 bridgehead atoms. The van der Waals surface area contributed by atoms with Gasteiger partial charge in [0.15, 0.2) is 0 Å². The number of esters is 1. The molecule has 0 saturated carbocycles. The maximum atomic E-state index is 12.4. The lowest BCUT2D eigenvalue weighted by Crippen LogP contribution is -2.55. The molecule has 0 radical (unpaired) electrons. The molecule has 1 aliphatic heterocycles. The van der Waals surface area contributed by atoms with Crippen LogP contribution in [0.4, 0.5) is 0 Å². The minimum Gasteiger partial charge on any atom is -0.465 e. The van der Waals surface area contributed by atoms with Gasteiger partial charge in [0.05, 0.1) is 18.1 Å². The Labute approximate surface area is 138 Å². The Kier molecular flexibility index (Phi) is 6.57. The van der Waals surface area contributed by atoms with Crippen molar-refractivity contribution in [3.05, 3.63) is 35.9 Å². The summed E-state index contributed by atoms with van der Waals surface area (Å²) in [5.41, 5.74) is 0.361. The number of aliphatic hydroxyl groups excluding tert-OH is 1. The molecule has 0 aromatic heterocycles. The van der Waals surface area contributed by atoms with Crippen molar-refractivity contribution in [2.75, 3.05) is 33.4 Å².